The number of aromatic nitrogens is 1. The lowest BCUT2D eigenvalue weighted by Crippen LogP contribution is -2.71. The molecule has 1 aliphatic heterocycles. The normalized spacial score (nSPS) is 19.3. The summed E-state index contributed by atoms with van der Waals surface area (Å²) in [5.41, 5.74) is 8.08. The summed E-state index contributed by atoms with van der Waals surface area (Å²) in [6, 6.07) is -1.50. The van der Waals surface area contributed by atoms with Crippen LogP contribution < -0.4 is 16.8 Å². The Balaban J connectivity index is 2.32. The number of carbonyl (C=O) groups is 4. The number of primary amides is 1. The topological polar surface area (TPSA) is 245 Å². The first-order valence-electron chi connectivity index (χ1n) is 8.37. The second-order valence-electron chi connectivity index (χ2n) is 6.65. The predicted octanol–water partition coefficient (Wildman–Crippen LogP) is -2.02. The number of aliphatic carboxylic acids is 1. The number of carboxylic acids is 1. The lowest BCUT2D eigenvalue weighted by Gasteiger charge is -2.43. The van der Waals surface area contributed by atoms with Crippen LogP contribution in [0.25, 0.3) is 0 Å². The quantitative estimate of drug-likeness (QED) is 0.0991. The molecule has 0 bridgehead atoms. The van der Waals surface area contributed by atoms with Gasteiger partial charge in [-0.3, -0.25) is 18.9 Å². The molecule has 1 aromatic rings. The van der Waals surface area contributed by atoms with Gasteiger partial charge in [-0.05, 0) is 13.8 Å². The van der Waals surface area contributed by atoms with Gasteiger partial charge < -0.3 is 26.7 Å². The Hall–Kier alpha value is -2.96. The second-order valence-corrected chi connectivity index (χ2v) is 9.93. The van der Waals surface area contributed by atoms with Crippen molar-refractivity contribution in [3.05, 3.63) is 11.1 Å². The summed E-state index contributed by atoms with van der Waals surface area (Å²) in [7, 11) is -4.98. The number of anilines is 1. The molecule has 15 nitrogen and oxygen atoms in total. The van der Waals surface area contributed by atoms with Gasteiger partial charge in [0.2, 0.25) is 11.5 Å². The average Bonchev–Trinajstić information content (AvgIpc) is 3.07. The van der Waals surface area contributed by atoms with Gasteiger partial charge in [-0.25, -0.2) is 9.78 Å². The molecule has 0 spiro atoms. The molecule has 2 atom stereocenters. The summed E-state index contributed by atoms with van der Waals surface area (Å²) in [6.07, 6.45) is 0. The van der Waals surface area contributed by atoms with Crippen molar-refractivity contribution in [2.75, 3.05) is 11.5 Å². The van der Waals surface area contributed by atoms with Crippen LogP contribution in [0.4, 0.5) is 5.13 Å². The highest BCUT2D eigenvalue weighted by atomic mass is 32.2. The van der Waals surface area contributed by atoms with Crippen molar-refractivity contribution in [2.45, 2.75) is 30.9 Å². The first-order chi connectivity index (χ1) is 14.6. The van der Waals surface area contributed by atoms with Crippen molar-refractivity contribution in [3.8, 4) is 0 Å². The van der Waals surface area contributed by atoms with Crippen LogP contribution in [0.2, 0.25) is 0 Å². The lowest BCUT2D eigenvalue weighted by molar-refractivity contribution is -0.161. The zero-order valence-electron chi connectivity index (χ0n) is 16.4. The van der Waals surface area contributed by atoms with Crippen molar-refractivity contribution in [3.63, 3.8) is 0 Å². The number of hydrogen-bond donors (Lipinski definition) is 5. The standard InChI is InChI=1S/C14H18N6O9S3/c1-14(2,12(24)25)29-19-7(5-3-31-13(16)17-5)9(22)18-8-10(23)20(32(26,27)28)11(8)30-4-6(15)21/h3,8,11H,4H2,1-2H3,(H2,15,21)(H2,16,17)(H,18,22)(H,24,25)(H,26,27,28)/t8-,11-/m1/s1. The Morgan fingerprint density at radius 3 is 2.53 bits per heavy atom. The zero-order valence-corrected chi connectivity index (χ0v) is 18.9. The van der Waals surface area contributed by atoms with Crippen molar-refractivity contribution < 1.29 is 42.1 Å². The molecule has 0 unspecified atom stereocenters. The number of nitrogen functional groups attached to an aromatic ring is 1. The highest BCUT2D eigenvalue weighted by Gasteiger charge is 2.54. The maximum Gasteiger partial charge on any atom is 0.363 e. The van der Waals surface area contributed by atoms with Crippen molar-refractivity contribution in [2.24, 2.45) is 10.9 Å². The molecule has 32 heavy (non-hydrogen) atoms. The van der Waals surface area contributed by atoms with E-state index in [4.69, 9.17) is 21.4 Å². The van der Waals surface area contributed by atoms with Crippen LogP contribution in [0.3, 0.4) is 0 Å². The van der Waals surface area contributed by atoms with Crippen LogP contribution >= 0.6 is 23.1 Å². The molecular formula is C14H18N6O9S3. The van der Waals surface area contributed by atoms with Crippen LogP contribution in [0, 0.1) is 0 Å². The van der Waals surface area contributed by atoms with Crippen molar-refractivity contribution >= 4 is 67.9 Å². The number of nitrogens with zero attached hydrogens (tertiary/aromatic N) is 3. The number of rotatable bonds is 10. The number of nitrogens with one attached hydrogen (secondary N) is 1. The molecule has 0 radical (unpaired) electrons. The molecule has 7 N–H and O–H groups in total. The van der Waals surface area contributed by atoms with Gasteiger partial charge in [-0.15, -0.1) is 23.1 Å². The van der Waals surface area contributed by atoms with Crippen LogP contribution in [0.5, 0.6) is 0 Å². The first kappa shape index (κ1) is 25.3. The Kier molecular flexibility index (Phi) is 7.33. The van der Waals surface area contributed by atoms with Gasteiger partial charge in [0.15, 0.2) is 10.8 Å². The smallest absolute Gasteiger partial charge is 0.363 e. The molecule has 2 heterocycles. The van der Waals surface area contributed by atoms with E-state index in [-0.39, 0.29) is 15.1 Å². The Bertz CT molecular complexity index is 1080. The van der Waals surface area contributed by atoms with E-state index in [0.717, 1.165) is 11.3 Å². The molecule has 176 valence electrons. The highest BCUT2D eigenvalue weighted by Crippen LogP contribution is 2.32. The van der Waals surface area contributed by atoms with Crippen LogP contribution in [0.1, 0.15) is 19.5 Å². The molecule has 2 rings (SSSR count). The molecule has 0 aliphatic carbocycles. The summed E-state index contributed by atoms with van der Waals surface area (Å²) in [5.74, 6) is -4.92. The predicted molar refractivity (Wildman–Crippen MR) is 112 cm³/mol. The largest absolute Gasteiger partial charge is 0.478 e. The van der Waals surface area contributed by atoms with E-state index >= 15 is 0 Å². The molecule has 0 saturated carbocycles. The zero-order chi connectivity index (χ0) is 24.4. The fraction of sp³-hybridized carbons (Fsp3) is 0.429. The summed E-state index contributed by atoms with van der Waals surface area (Å²) in [5, 5.41) is 14.9. The van der Waals surface area contributed by atoms with Crippen LogP contribution in [-0.2, 0) is 34.3 Å². The van der Waals surface area contributed by atoms with Crippen LogP contribution in [-0.4, -0.2) is 79.5 Å². The summed E-state index contributed by atoms with van der Waals surface area (Å²) >= 11 is 1.52. The maximum atomic E-state index is 12.8. The minimum atomic E-state index is -4.98. The number of thioether (sulfide) groups is 1. The molecular weight excluding hydrogens is 492 g/mol. The Labute approximate surface area is 189 Å². The molecule has 0 aromatic carbocycles. The number of oxime groups is 1. The molecule has 3 amide bonds. The number of amides is 3. The third-order valence-electron chi connectivity index (χ3n) is 3.79. The van der Waals surface area contributed by atoms with Crippen LogP contribution in [0.15, 0.2) is 10.5 Å². The van der Waals surface area contributed by atoms with Gasteiger partial charge in [-0.2, -0.15) is 12.7 Å². The van der Waals surface area contributed by atoms with Crippen molar-refractivity contribution in [1.29, 1.82) is 0 Å². The Morgan fingerprint density at radius 1 is 1.44 bits per heavy atom. The Morgan fingerprint density at radius 2 is 2.06 bits per heavy atom. The lowest BCUT2D eigenvalue weighted by atomic mass is 10.1. The van der Waals surface area contributed by atoms with Gasteiger partial charge in [0.25, 0.3) is 11.8 Å². The summed E-state index contributed by atoms with van der Waals surface area (Å²) < 4.78 is 32.2. The highest BCUT2D eigenvalue weighted by molar-refractivity contribution is 8.01. The van der Waals surface area contributed by atoms with E-state index < -0.39 is 62.5 Å². The number of β-lactam (4-membered cyclic amide) rings is 1. The maximum absolute atomic E-state index is 12.8. The number of carboxylic acid groups (broad SMARTS) is 1. The minimum Gasteiger partial charge on any atom is -0.478 e. The monoisotopic (exact) mass is 510 g/mol. The van der Waals surface area contributed by atoms with E-state index in [1.165, 1.54) is 19.2 Å². The van der Waals surface area contributed by atoms with Gasteiger partial charge in [0, 0.05) is 5.38 Å². The SMILES string of the molecule is CC(C)(ON=C(C(=O)N[C@@H]1C(=O)N(S(=O)(=O)O)[C@@H]1SCC(N)=O)c1csc(N)n1)C(=O)O. The molecule has 18 heteroatoms. The van der Waals surface area contributed by atoms with E-state index in [9.17, 15) is 32.1 Å². The fourth-order valence-electron chi connectivity index (χ4n) is 2.16. The van der Waals surface area contributed by atoms with E-state index in [1.807, 2.05) is 0 Å². The second kappa shape index (κ2) is 9.27. The number of thiazole rings is 1. The summed E-state index contributed by atoms with van der Waals surface area (Å²) in [6.45, 7) is 2.33. The van der Waals surface area contributed by atoms with E-state index in [2.05, 4.69) is 15.5 Å². The van der Waals surface area contributed by atoms with E-state index in [0.29, 0.717) is 11.8 Å². The van der Waals surface area contributed by atoms with Gasteiger partial charge in [0.05, 0.1) is 5.75 Å². The van der Waals surface area contributed by atoms with Crippen molar-refractivity contribution in [1.82, 2.24) is 14.6 Å². The third-order valence-corrected chi connectivity index (χ3v) is 6.78. The number of hydrogen-bond acceptors (Lipinski definition) is 12. The number of nitrogens with two attached hydrogens (primary N) is 2. The van der Waals surface area contributed by atoms with Gasteiger partial charge in [0.1, 0.15) is 17.1 Å². The summed E-state index contributed by atoms with van der Waals surface area (Å²) in [4.78, 5) is 56.1. The van der Waals surface area contributed by atoms with Gasteiger partial charge in [-0.1, -0.05) is 5.16 Å². The molecule has 1 aliphatic rings. The number of carbonyl (C=O) groups excluding carboxylic acids is 3. The average molecular weight is 511 g/mol. The van der Waals surface area contributed by atoms with E-state index in [1.54, 1.807) is 0 Å². The molecule has 1 saturated heterocycles. The first-order valence-corrected chi connectivity index (χ1v) is 11.7. The molecule has 1 aromatic heterocycles. The fourth-order valence-corrected chi connectivity index (χ4v) is 4.89. The molecule has 1 fully saturated rings. The van der Waals surface area contributed by atoms with Gasteiger partial charge >= 0.3 is 16.3 Å². The third kappa shape index (κ3) is 5.64. The minimum absolute atomic E-state index is 0.0464.